The van der Waals surface area contributed by atoms with E-state index < -0.39 is 0 Å². The molecule has 2 aliphatic rings. The molecule has 0 bridgehead atoms. The predicted molar refractivity (Wildman–Crippen MR) is 71.2 cm³/mol. The van der Waals surface area contributed by atoms with Crippen LogP contribution in [0.25, 0.3) is 0 Å². The van der Waals surface area contributed by atoms with E-state index in [-0.39, 0.29) is 0 Å². The molecule has 1 saturated heterocycles. The van der Waals surface area contributed by atoms with Crippen molar-refractivity contribution in [3.63, 3.8) is 0 Å². The van der Waals surface area contributed by atoms with Crippen molar-refractivity contribution >= 4 is 6.21 Å². The van der Waals surface area contributed by atoms with E-state index >= 15 is 0 Å². The summed E-state index contributed by atoms with van der Waals surface area (Å²) >= 11 is 0. The van der Waals surface area contributed by atoms with Crippen molar-refractivity contribution in [2.75, 3.05) is 26.2 Å². The minimum atomic E-state index is 0.348. The normalized spacial score (nSPS) is 23.2. The minimum Gasteiger partial charge on any atom is -0.396 e. The van der Waals surface area contributed by atoms with E-state index in [9.17, 15) is 0 Å². The monoisotopic (exact) mass is 234 g/mol. The van der Waals surface area contributed by atoms with Crippen LogP contribution in [0.4, 0.5) is 0 Å². The molecule has 2 aliphatic heterocycles. The van der Waals surface area contributed by atoms with Gasteiger partial charge in [-0.25, -0.2) is 0 Å². The Kier molecular flexibility index (Phi) is 4.51. The Bertz CT molecular complexity index is 336. The lowest BCUT2D eigenvalue weighted by Crippen LogP contribution is -2.36. The standard InChI is InChI=1S/C14H22N2O/c1-12-3-2-4-14(9-15-12)10-16-7-5-13(11-17)6-8-16/h3-4,9,13,17H,2,5-8,10-11H2,1H3. The molecule has 0 amide bonds. The molecule has 0 aromatic rings. The molecule has 94 valence electrons. The highest BCUT2D eigenvalue weighted by Crippen LogP contribution is 2.17. The maximum atomic E-state index is 9.11. The van der Waals surface area contributed by atoms with Crippen LogP contribution in [0.2, 0.25) is 0 Å². The second kappa shape index (κ2) is 6.12. The third-order valence-corrected chi connectivity index (χ3v) is 3.60. The van der Waals surface area contributed by atoms with Gasteiger partial charge in [-0.05, 0) is 50.8 Å². The SMILES string of the molecule is CC1=CCC=C(CN2CCC(CO)CC2)C=N1. The van der Waals surface area contributed by atoms with Crippen molar-refractivity contribution < 1.29 is 5.11 Å². The Morgan fingerprint density at radius 2 is 2.12 bits per heavy atom. The number of piperidine rings is 1. The number of aliphatic imine (C=N–C) groups is 1. The first-order valence-electron chi connectivity index (χ1n) is 6.51. The molecule has 0 aromatic carbocycles. The molecule has 17 heavy (non-hydrogen) atoms. The van der Waals surface area contributed by atoms with Gasteiger partial charge in [0.05, 0.1) is 0 Å². The molecule has 3 heteroatoms. The van der Waals surface area contributed by atoms with Crippen LogP contribution >= 0.6 is 0 Å². The maximum Gasteiger partial charge on any atom is 0.0460 e. The zero-order chi connectivity index (χ0) is 12.1. The van der Waals surface area contributed by atoms with Crippen molar-refractivity contribution in [1.29, 1.82) is 0 Å². The lowest BCUT2D eigenvalue weighted by atomic mass is 9.97. The van der Waals surface area contributed by atoms with Gasteiger partial charge in [-0.15, -0.1) is 0 Å². The fourth-order valence-corrected chi connectivity index (χ4v) is 2.36. The largest absolute Gasteiger partial charge is 0.396 e. The highest BCUT2D eigenvalue weighted by molar-refractivity contribution is 5.80. The summed E-state index contributed by atoms with van der Waals surface area (Å²) in [5.74, 6) is 0.520. The first kappa shape index (κ1) is 12.5. The molecule has 1 fully saturated rings. The summed E-state index contributed by atoms with van der Waals surface area (Å²) in [5.41, 5.74) is 2.43. The smallest absolute Gasteiger partial charge is 0.0460 e. The molecule has 0 unspecified atom stereocenters. The van der Waals surface area contributed by atoms with E-state index in [0.29, 0.717) is 12.5 Å². The number of rotatable bonds is 3. The quantitative estimate of drug-likeness (QED) is 0.810. The zero-order valence-corrected chi connectivity index (χ0v) is 10.6. The van der Waals surface area contributed by atoms with Crippen molar-refractivity contribution in [2.24, 2.45) is 10.9 Å². The van der Waals surface area contributed by atoms with Crippen molar-refractivity contribution in [1.82, 2.24) is 4.90 Å². The van der Waals surface area contributed by atoms with Crippen LogP contribution in [0.15, 0.2) is 28.4 Å². The van der Waals surface area contributed by atoms with E-state index in [0.717, 1.165) is 44.6 Å². The molecule has 3 nitrogen and oxygen atoms in total. The van der Waals surface area contributed by atoms with Gasteiger partial charge >= 0.3 is 0 Å². The molecule has 0 aromatic heterocycles. The van der Waals surface area contributed by atoms with Crippen LogP contribution in [0.1, 0.15) is 26.2 Å². The Labute approximate surface area is 104 Å². The first-order valence-corrected chi connectivity index (χ1v) is 6.51. The number of aliphatic hydroxyl groups excluding tert-OH is 1. The van der Waals surface area contributed by atoms with Gasteiger partial charge in [0.2, 0.25) is 0 Å². The van der Waals surface area contributed by atoms with Gasteiger partial charge in [-0.3, -0.25) is 9.89 Å². The van der Waals surface area contributed by atoms with E-state index in [4.69, 9.17) is 5.11 Å². The average molecular weight is 234 g/mol. The average Bonchev–Trinajstić information content (AvgIpc) is 2.56. The molecule has 0 aliphatic carbocycles. The summed E-state index contributed by atoms with van der Waals surface area (Å²) in [6.07, 6.45) is 9.65. The lowest BCUT2D eigenvalue weighted by molar-refractivity contribution is 0.138. The Balaban J connectivity index is 1.82. The Morgan fingerprint density at radius 1 is 1.35 bits per heavy atom. The first-order chi connectivity index (χ1) is 8.28. The van der Waals surface area contributed by atoms with Crippen LogP contribution in [-0.4, -0.2) is 42.5 Å². The van der Waals surface area contributed by atoms with E-state index in [1.807, 2.05) is 13.1 Å². The molecular formula is C14H22N2O. The van der Waals surface area contributed by atoms with Gasteiger partial charge in [0.25, 0.3) is 0 Å². The summed E-state index contributed by atoms with van der Waals surface area (Å²) in [5, 5.41) is 9.11. The zero-order valence-electron chi connectivity index (χ0n) is 10.6. The molecule has 0 atom stereocenters. The van der Waals surface area contributed by atoms with Gasteiger partial charge in [-0.1, -0.05) is 12.2 Å². The maximum absolute atomic E-state index is 9.11. The number of nitrogens with zero attached hydrogens (tertiary/aromatic N) is 2. The second-order valence-electron chi connectivity index (χ2n) is 5.02. The molecular weight excluding hydrogens is 212 g/mol. The highest BCUT2D eigenvalue weighted by atomic mass is 16.3. The second-order valence-corrected chi connectivity index (χ2v) is 5.02. The highest BCUT2D eigenvalue weighted by Gasteiger charge is 2.18. The Morgan fingerprint density at radius 3 is 2.82 bits per heavy atom. The number of likely N-dealkylation sites (tertiary alicyclic amines) is 1. The van der Waals surface area contributed by atoms with Crippen LogP contribution in [0.3, 0.4) is 0 Å². The van der Waals surface area contributed by atoms with Gasteiger partial charge < -0.3 is 5.11 Å². The van der Waals surface area contributed by atoms with Gasteiger partial charge in [0.1, 0.15) is 0 Å². The predicted octanol–water partition coefficient (Wildman–Crippen LogP) is 2.00. The van der Waals surface area contributed by atoms with E-state index in [1.165, 1.54) is 5.57 Å². The summed E-state index contributed by atoms with van der Waals surface area (Å²) in [4.78, 5) is 6.87. The molecule has 2 rings (SSSR count). The molecule has 0 spiro atoms. The topological polar surface area (TPSA) is 35.8 Å². The van der Waals surface area contributed by atoms with E-state index in [1.54, 1.807) is 0 Å². The minimum absolute atomic E-state index is 0.348. The van der Waals surface area contributed by atoms with Crippen molar-refractivity contribution in [3.8, 4) is 0 Å². The number of hydrogen-bond acceptors (Lipinski definition) is 3. The summed E-state index contributed by atoms with van der Waals surface area (Å²) in [7, 11) is 0. The van der Waals surface area contributed by atoms with Gasteiger partial charge in [0, 0.05) is 25.1 Å². The van der Waals surface area contributed by atoms with Crippen LogP contribution in [0, 0.1) is 5.92 Å². The van der Waals surface area contributed by atoms with E-state index in [2.05, 4.69) is 22.0 Å². The van der Waals surface area contributed by atoms with Crippen LogP contribution < -0.4 is 0 Å². The van der Waals surface area contributed by atoms with Crippen LogP contribution in [0.5, 0.6) is 0 Å². The molecule has 0 saturated carbocycles. The summed E-state index contributed by atoms with van der Waals surface area (Å²) in [6, 6.07) is 0. The number of hydrogen-bond donors (Lipinski definition) is 1. The molecule has 2 heterocycles. The fourth-order valence-electron chi connectivity index (χ4n) is 2.36. The fraction of sp³-hybridized carbons (Fsp3) is 0.643. The summed E-state index contributed by atoms with van der Waals surface area (Å²) in [6.45, 7) is 5.59. The third-order valence-electron chi connectivity index (χ3n) is 3.60. The lowest BCUT2D eigenvalue weighted by Gasteiger charge is -2.31. The van der Waals surface area contributed by atoms with Crippen LogP contribution in [-0.2, 0) is 0 Å². The molecule has 1 N–H and O–H groups in total. The Hall–Kier alpha value is -0.930. The number of allylic oxidation sites excluding steroid dienone is 3. The molecule has 0 radical (unpaired) electrons. The van der Waals surface area contributed by atoms with Gasteiger partial charge in [0.15, 0.2) is 0 Å². The van der Waals surface area contributed by atoms with Crippen molar-refractivity contribution in [2.45, 2.75) is 26.2 Å². The van der Waals surface area contributed by atoms with Gasteiger partial charge in [-0.2, -0.15) is 0 Å². The number of aliphatic hydroxyl groups is 1. The summed E-state index contributed by atoms with van der Waals surface area (Å²) < 4.78 is 0. The van der Waals surface area contributed by atoms with Crippen molar-refractivity contribution in [3.05, 3.63) is 23.4 Å². The third kappa shape index (κ3) is 3.79.